The summed E-state index contributed by atoms with van der Waals surface area (Å²) >= 11 is 0. The Labute approximate surface area is 415 Å². The molecule has 0 radical (unpaired) electrons. The van der Waals surface area contributed by atoms with Gasteiger partial charge in [-0.15, -0.1) is 0 Å². The Morgan fingerprint density at radius 2 is 1.01 bits per heavy atom. The molecule has 368 valence electrons. The average molecular weight is 981 g/mol. The number of nitrogen functional groups attached to an aromatic ring is 1. The van der Waals surface area contributed by atoms with E-state index in [2.05, 4.69) is 72.0 Å². The fraction of sp³-hybridized carbons (Fsp3) is 0.255. The second kappa shape index (κ2) is 19.1. The zero-order valence-electron chi connectivity index (χ0n) is 39.3. The lowest BCUT2D eigenvalue weighted by Crippen LogP contribution is -2.09. The number of hydrogen-bond acceptors (Lipinski definition) is 19. The summed E-state index contributed by atoms with van der Waals surface area (Å²) in [6, 6.07) is 17.4. The highest BCUT2D eigenvalue weighted by molar-refractivity contribution is 5.88. The van der Waals surface area contributed by atoms with Crippen LogP contribution in [0, 0.1) is 0 Å². The van der Waals surface area contributed by atoms with Gasteiger partial charge < -0.3 is 45.9 Å². The summed E-state index contributed by atoms with van der Waals surface area (Å²) in [5.74, 6) is 0.779. The second-order valence-corrected chi connectivity index (χ2v) is 17.7. The van der Waals surface area contributed by atoms with E-state index in [1.807, 2.05) is 54.6 Å². The van der Waals surface area contributed by atoms with E-state index < -0.39 is 0 Å². The maximum atomic E-state index is 11.6. The predicted octanol–water partition coefficient (Wildman–Crippen LogP) is 6.87. The minimum absolute atomic E-state index is 0.0933. The molecule has 7 N–H and O–H groups in total. The molecule has 12 rings (SSSR count). The highest BCUT2D eigenvalue weighted by atomic mass is 16.5. The molecule has 3 aliphatic heterocycles. The number of imidazole rings is 3. The van der Waals surface area contributed by atoms with Crippen LogP contribution in [0.4, 0.5) is 28.8 Å². The molecular weight excluding hydrogens is 933 g/mol. The largest absolute Gasteiger partial charge is 0.480 e. The van der Waals surface area contributed by atoms with Gasteiger partial charge in [-0.1, -0.05) is 66.8 Å². The van der Waals surface area contributed by atoms with E-state index in [1.54, 1.807) is 9.13 Å². The van der Waals surface area contributed by atoms with Crippen LogP contribution < -0.4 is 30.6 Å². The zero-order chi connectivity index (χ0) is 49.4. The quantitative estimate of drug-likeness (QED) is 0.0982. The maximum absolute atomic E-state index is 11.6. The van der Waals surface area contributed by atoms with Crippen LogP contribution in [0.1, 0.15) is 59.3 Å². The SMILES string of the molecule is Nc1nc2nc3c1nc(O)n3Cc1ccc(Nc3nc4nc5c3nc(O)n5Cc3ccc(Nc5nc6nc7c5nc(O)n7Cc5ccccc5C/C=C\CCO6)cc3C/C=C/CCO4)c(n1)CC/C=C\CCO2. The van der Waals surface area contributed by atoms with Gasteiger partial charge in [-0.05, 0) is 91.5 Å². The van der Waals surface area contributed by atoms with Gasteiger partial charge in [0.15, 0.2) is 50.9 Å². The third kappa shape index (κ3) is 9.04. The number of aromatic nitrogens is 13. The molecule has 9 aromatic rings. The Morgan fingerprint density at radius 3 is 1.68 bits per heavy atom. The molecule has 2 aromatic carbocycles. The summed E-state index contributed by atoms with van der Waals surface area (Å²) in [5, 5.41) is 40.7. The normalized spacial score (nSPS) is 16.4. The van der Waals surface area contributed by atoms with Crippen LogP contribution >= 0.6 is 0 Å². The van der Waals surface area contributed by atoms with Crippen LogP contribution in [0.25, 0.3) is 33.5 Å². The summed E-state index contributed by atoms with van der Waals surface area (Å²) in [5.41, 5.74) is 15.0. The minimum Gasteiger partial charge on any atom is -0.480 e. The molecule has 0 spiro atoms. The van der Waals surface area contributed by atoms with Crippen LogP contribution in [0.3, 0.4) is 0 Å². The first-order valence-corrected chi connectivity index (χ1v) is 24.0. The van der Waals surface area contributed by atoms with Crippen molar-refractivity contribution in [1.82, 2.24) is 63.5 Å². The summed E-state index contributed by atoms with van der Waals surface area (Å²) < 4.78 is 22.8. The van der Waals surface area contributed by atoms with Gasteiger partial charge >= 0.3 is 18.0 Å². The number of nitrogens with zero attached hydrogens (tertiary/aromatic N) is 13. The third-order valence-electron chi connectivity index (χ3n) is 12.8. The number of pyridine rings is 1. The Hall–Kier alpha value is -9.34. The van der Waals surface area contributed by atoms with Crippen molar-refractivity contribution in [3.63, 3.8) is 0 Å². The number of benzene rings is 2. The number of hydrogen-bond donors (Lipinski definition) is 6. The van der Waals surface area contributed by atoms with Gasteiger partial charge in [0, 0.05) is 5.69 Å². The summed E-state index contributed by atoms with van der Waals surface area (Å²) in [6.07, 6.45) is 16.8. The third-order valence-corrected chi connectivity index (χ3v) is 12.8. The van der Waals surface area contributed by atoms with Crippen molar-refractivity contribution >= 4 is 62.3 Å². The van der Waals surface area contributed by atoms with Gasteiger partial charge in [-0.25, -0.2) is 0 Å². The number of nitrogens with two attached hydrogens (primary N) is 1. The van der Waals surface area contributed by atoms with Crippen LogP contribution in [0.5, 0.6) is 36.1 Å². The minimum atomic E-state index is -0.285. The Morgan fingerprint density at radius 1 is 0.479 bits per heavy atom. The van der Waals surface area contributed by atoms with E-state index in [0.717, 1.165) is 34.4 Å². The molecule has 22 heteroatoms. The molecule has 0 unspecified atom stereocenters. The number of fused-ring (bicyclic) bond motifs is 7. The molecule has 0 aliphatic carbocycles. The van der Waals surface area contributed by atoms with E-state index in [0.29, 0.717) is 115 Å². The number of rotatable bonds is 4. The monoisotopic (exact) mass is 980 g/mol. The second-order valence-electron chi connectivity index (χ2n) is 17.7. The molecule has 0 amide bonds. The smallest absolute Gasteiger partial charge is 0.320 e. The topological polar surface area (TPSA) is 282 Å². The maximum Gasteiger partial charge on any atom is 0.320 e. The standard InChI is InChI=1S/C51H48N16O6/c52-40-37-43-62-46(59-40)71-22-10-2-1-7-17-35-36(21-20-34(53-35)28-67(43)49(68)56-37)55-42-39-45-64-48(61-42)73-24-12-4-6-15-30-25-33(19-18-32(30)27-66(45)51(70)58-39)54-41-38-44-63-47(60-41)72-23-11-3-5-13-29-14-8-9-16-31(29)26-65(44)50(69)57-38/h1-6,8-9,14,16,18-21,25H,7,10-13,15,17,22-24,26-28H2,(H,56,68)(H,57,69)(H,58,70)(H2,52,59,62)(H,54,60,63)(H,55,61,64)/b2-1-,5-3-,6-4+. The van der Waals surface area contributed by atoms with Gasteiger partial charge in [-0.2, -0.15) is 44.9 Å². The van der Waals surface area contributed by atoms with Crippen molar-refractivity contribution in [2.75, 3.05) is 36.2 Å². The van der Waals surface area contributed by atoms with Gasteiger partial charge in [0.25, 0.3) is 18.0 Å². The highest BCUT2D eigenvalue weighted by Crippen LogP contribution is 2.35. The van der Waals surface area contributed by atoms with Gasteiger partial charge in [0.1, 0.15) is 0 Å². The number of aromatic hydroxyl groups is 3. The predicted molar refractivity (Wildman–Crippen MR) is 270 cm³/mol. The molecule has 0 saturated carbocycles. The van der Waals surface area contributed by atoms with Crippen molar-refractivity contribution in [3.8, 4) is 36.1 Å². The number of ether oxygens (including phenoxy) is 3. The molecule has 3 aliphatic rings. The fourth-order valence-electron chi connectivity index (χ4n) is 9.16. The van der Waals surface area contributed by atoms with E-state index in [9.17, 15) is 15.3 Å². The molecule has 0 fully saturated rings. The van der Waals surface area contributed by atoms with Crippen molar-refractivity contribution in [3.05, 3.63) is 125 Å². The Bertz CT molecular complexity index is 3690. The number of nitrogens with one attached hydrogen (secondary N) is 2. The molecule has 8 bridgehead atoms. The average Bonchev–Trinajstić information content (AvgIpc) is 4.00. The van der Waals surface area contributed by atoms with Crippen LogP contribution in [0.15, 0.2) is 91.1 Å². The molecule has 73 heavy (non-hydrogen) atoms. The van der Waals surface area contributed by atoms with Crippen molar-refractivity contribution < 1.29 is 29.5 Å². The van der Waals surface area contributed by atoms with E-state index in [-0.39, 0.29) is 67.1 Å². The van der Waals surface area contributed by atoms with Crippen molar-refractivity contribution in [2.45, 2.75) is 64.6 Å². The van der Waals surface area contributed by atoms with Gasteiger partial charge in [0.2, 0.25) is 0 Å². The number of aryl methyl sites for hydroxylation is 1. The molecule has 22 nitrogen and oxygen atoms in total. The summed E-state index contributed by atoms with van der Waals surface area (Å²) in [6.45, 7) is 1.67. The Balaban J connectivity index is 0.870. The summed E-state index contributed by atoms with van der Waals surface area (Å²) in [7, 11) is 0. The summed E-state index contributed by atoms with van der Waals surface area (Å²) in [4.78, 5) is 46.2. The lowest BCUT2D eigenvalue weighted by molar-refractivity contribution is 0.300. The fourth-order valence-corrected chi connectivity index (χ4v) is 9.16. The highest BCUT2D eigenvalue weighted by Gasteiger charge is 2.24. The zero-order valence-corrected chi connectivity index (χ0v) is 39.3. The van der Waals surface area contributed by atoms with E-state index in [4.69, 9.17) is 44.9 Å². The number of allylic oxidation sites excluding steroid dienone is 3. The van der Waals surface area contributed by atoms with Crippen LogP contribution in [-0.4, -0.2) is 98.7 Å². The molecule has 7 aromatic heterocycles. The van der Waals surface area contributed by atoms with Crippen LogP contribution in [0.2, 0.25) is 0 Å². The first-order valence-electron chi connectivity index (χ1n) is 24.0. The van der Waals surface area contributed by atoms with E-state index >= 15 is 0 Å². The van der Waals surface area contributed by atoms with Gasteiger partial charge in [0.05, 0.1) is 56.5 Å². The lowest BCUT2D eigenvalue weighted by Gasteiger charge is -2.15. The molecule has 0 saturated heterocycles. The molecule has 10 heterocycles. The molecular formula is C51H48N16O6. The molecule has 0 atom stereocenters. The number of anilines is 5. The van der Waals surface area contributed by atoms with Crippen molar-refractivity contribution in [2.24, 2.45) is 0 Å². The van der Waals surface area contributed by atoms with Crippen molar-refractivity contribution in [1.29, 1.82) is 0 Å². The van der Waals surface area contributed by atoms with Crippen LogP contribution in [-0.2, 0) is 38.9 Å². The first kappa shape index (κ1) is 44.8. The lowest BCUT2D eigenvalue weighted by atomic mass is 10.0. The Kier molecular flexibility index (Phi) is 11.7. The first-order chi connectivity index (χ1) is 35.8. The van der Waals surface area contributed by atoms with Gasteiger partial charge in [-0.3, -0.25) is 18.7 Å². The van der Waals surface area contributed by atoms with E-state index in [1.165, 1.54) is 4.57 Å².